The molecule has 0 spiro atoms. The largest absolute Gasteiger partial charge is 0.495 e. The quantitative estimate of drug-likeness (QED) is 0.654. The number of benzene rings is 2. The molecule has 1 atom stereocenters. The number of rotatable bonds is 6. The van der Waals surface area contributed by atoms with E-state index in [0.717, 1.165) is 18.4 Å². The van der Waals surface area contributed by atoms with Gasteiger partial charge < -0.3 is 15.0 Å². The Morgan fingerprint density at radius 1 is 1.20 bits per heavy atom. The third-order valence-electron chi connectivity index (χ3n) is 6.90. The molecule has 0 aliphatic carbocycles. The Kier molecular flexibility index (Phi) is 6.68. The SMILES string of the molecule is COc1ccc(C)cc1NC(=O)CN1C(=O)C(C)(C)c2cc(S(=O)(=O)N3CCC[C@H](C)C3)ccc21. The topological polar surface area (TPSA) is 96.0 Å². The number of fused-ring (bicyclic) bond motifs is 1. The van der Waals surface area contributed by atoms with Crippen molar-refractivity contribution in [2.75, 3.05) is 37.0 Å². The number of sulfonamides is 1. The van der Waals surface area contributed by atoms with Gasteiger partial charge in [-0.2, -0.15) is 4.31 Å². The van der Waals surface area contributed by atoms with E-state index in [4.69, 9.17) is 4.74 Å². The predicted molar refractivity (Wildman–Crippen MR) is 135 cm³/mol. The molecule has 2 aliphatic rings. The number of anilines is 2. The molecule has 2 heterocycles. The molecular formula is C26H33N3O5S. The van der Waals surface area contributed by atoms with Gasteiger partial charge in [0.1, 0.15) is 12.3 Å². The monoisotopic (exact) mass is 499 g/mol. The van der Waals surface area contributed by atoms with Gasteiger partial charge in [-0.25, -0.2) is 8.42 Å². The smallest absolute Gasteiger partial charge is 0.244 e. The zero-order valence-corrected chi connectivity index (χ0v) is 21.7. The number of aryl methyl sites for hydroxylation is 1. The van der Waals surface area contributed by atoms with Crippen LogP contribution in [0.25, 0.3) is 0 Å². The molecule has 0 unspecified atom stereocenters. The summed E-state index contributed by atoms with van der Waals surface area (Å²) in [6.07, 6.45) is 1.85. The average molecular weight is 500 g/mol. The number of amides is 2. The van der Waals surface area contributed by atoms with E-state index >= 15 is 0 Å². The summed E-state index contributed by atoms with van der Waals surface area (Å²) < 4.78 is 33.5. The number of nitrogens with one attached hydrogen (secondary N) is 1. The lowest BCUT2D eigenvalue weighted by atomic mass is 9.86. The van der Waals surface area contributed by atoms with Crippen molar-refractivity contribution < 1.29 is 22.7 Å². The van der Waals surface area contributed by atoms with Crippen LogP contribution in [0.5, 0.6) is 5.75 Å². The summed E-state index contributed by atoms with van der Waals surface area (Å²) in [5.41, 5.74) is 1.69. The van der Waals surface area contributed by atoms with Crippen LogP contribution in [0.2, 0.25) is 0 Å². The Labute approximate surface area is 207 Å². The van der Waals surface area contributed by atoms with E-state index in [1.807, 2.05) is 13.0 Å². The lowest BCUT2D eigenvalue weighted by molar-refractivity contribution is -0.124. The summed E-state index contributed by atoms with van der Waals surface area (Å²) in [7, 11) is -2.14. The van der Waals surface area contributed by atoms with Gasteiger partial charge in [-0.1, -0.05) is 13.0 Å². The zero-order valence-electron chi connectivity index (χ0n) is 20.9. The highest BCUT2D eigenvalue weighted by molar-refractivity contribution is 7.89. The van der Waals surface area contributed by atoms with Crippen LogP contribution in [-0.4, -0.2) is 51.3 Å². The van der Waals surface area contributed by atoms with Gasteiger partial charge in [0.05, 0.1) is 23.1 Å². The standard InChI is InChI=1S/C26H33N3O5S/c1-17-8-11-23(34-5)21(13-17)27-24(30)16-29-22-10-9-19(14-20(22)26(3,4)25(29)31)35(32,33)28-12-6-7-18(2)15-28/h8-11,13-14,18H,6-7,12,15-16H2,1-5H3,(H,27,30)/t18-/m0/s1. The van der Waals surface area contributed by atoms with Crippen LogP contribution in [-0.2, 0) is 25.0 Å². The summed E-state index contributed by atoms with van der Waals surface area (Å²) in [4.78, 5) is 27.8. The first kappa shape index (κ1) is 25.2. The van der Waals surface area contributed by atoms with Gasteiger partial charge in [-0.05, 0) is 81.0 Å². The zero-order chi connectivity index (χ0) is 25.5. The van der Waals surface area contributed by atoms with Crippen molar-refractivity contribution >= 4 is 33.2 Å². The molecule has 2 aromatic rings. The summed E-state index contributed by atoms with van der Waals surface area (Å²) in [5.74, 6) is 0.219. The highest BCUT2D eigenvalue weighted by atomic mass is 32.2. The first-order chi connectivity index (χ1) is 16.4. The Balaban J connectivity index is 1.61. The number of hydrogen-bond donors (Lipinski definition) is 1. The molecule has 0 radical (unpaired) electrons. The second-order valence-electron chi connectivity index (χ2n) is 10.1. The summed E-state index contributed by atoms with van der Waals surface area (Å²) in [5, 5.41) is 2.83. The molecule has 1 N–H and O–H groups in total. The van der Waals surface area contributed by atoms with E-state index in [1.165, 1.54) is 22.4 Å². The van der Waals surface area contributed by atoms with E-state index in [-0.39, 0.29) is 23.3 Å². The molecule has 4 rings (SSSR count). The van der Waals surface area contributed by atoms with Gasteiger partial charge >= 0.3 is 0 Å². The second kappa shape index (κ2) is 9.28. The maximum absolute atomic E-state index is 13.3. The number of piperidine rings is 1. The van der Waals surface area contributed by atoms with Crippen LogP contribution < -0.4 is 15.0 Å². The molecule has 8 nitrogen and oxygen atoms in total. The summed E-state index contributed by atoms with van der Waals surface area (Å²) in [6.45, 7) is 8.29. The van der Waals surface area contributed by atoms with Crippen molar-refractivity contribution in [3.63, 3.8) is 0 Å². The number of ether oxygens (including phenoxy) is 1. The maximum atomic E-state index is 13.3. The van der Waals surface area contributed by atoms with Crippen molar-refractivity contribution in [3.05, 3.63) is 47.5 Å². The van der Waals surface area contributed by atoms with Gasteiger partial charge in [0.15, 0.2) is 0 Å². The van der Waals surface area contributed by atoms with Gasteiger partial charge in [0.2, 0.25) is 21.8 Å². The molecule has 9 heteroatoms. The number of hydrogen-bond acceptors (Lipinski definition) is 5. The first-order valence-electron chi connectivity index (χ1n) is 11.9. The van der Waals surface area contributed by atoms with E-state index < -0.39 is 15.4 Å². The minimum atomic E-state index is -3.67. The van der Waals surface area contributed by atoms with Crippen LogP contribution in [0.4, 0.5) is 11.4 Å². The second-order valence-corrected chi connectivity index (χ2v) is 12.0. The minimum absolute atomic E-state index is 0.182. The number of nitrogens with zero attached hydrogens (tertiary/aromatic N) is 2. The summed E-state index contributed by atoms with van der Waals surface area (Å²) in [6, 6.07) is 10.2. The Morgan fingerprint density at radius 3 is 2.63 bits per heavy atom. The molecule has 2 aliphatic heterocycles. The Bertz CT molecular complexity index is 1270. The molecule has 2 amide bonds. The molecule has 0 aromatic heterocycles. The van der Waals surface area contributed by atoms with Crippen LogP contribution in [0, 0.1) is 12.8 Å². The van der Waals surface area contributed by atoms with Gasteiger partial charge in [-0.3, -0.25) is 9.59 Å². The average Bonchev–Trinajstić information content (AvgIpc) is 2.99. The maximum Gasteiger partial charge on any atom is 0.244 e. The highest BCUT2D eigenvalue weighted by Crippen LogP contribution is 2.43. The van der Waals surface area contributed by atoms with Gasteiger partial charge in [0, 0.05) is 18.8 Å². The molecule has 0 bridgehead atoms. The van der Waals surface area contributed by atoms with E-state index in [9.17, 15) is 18.0 Å². The lowest BCUT2D eigenvalue weighted by Gasteiger charge is -2.30. The van der Waals surface area contributed by atoms with E-state index in [1.54, 1.807) is 38.1 Å². The van der Waals surface area contributed by atoms with Crippen LogP contribution in [0.15, 0.2) is 41.3 Å². The normalized spacial score (nSPS) is 20.0. The van der Waals surface area contributed by atoms with Crippen molar-refractivity contribution in [3.8, 4) is 5.75 Å². The predicted octanol–water partition coefficient (Wildman–Crippen LogP) is 3.69. The third kappa shape index (κ3) is 4.67. The molecular weight excluding hydrogens is 466 g/mol. The molecule has 0 saturated carbocycles. The van der Waals surface area contributed by atoms with Crippen LogP contribution in [0.1, 0.15) is 44.7 Å². The fourth-order valence-electron chi connectivity index (χ4n) is 4.90. The van der Waals surface area contributed by atoms with Gasteiger partial charge in [0.25, 0.3) is 0 Å². The van der Waals surface area contributed by atoms with E-state index in [2.05, 4.69) is 12.2 Å². The van der Waals surface area contributed by atoms with Crippen molar-refractivity contribution in [1.82, 2.24) is 4.31 Å². The number of carbonyl (C=O) groups excluding carboxylic acids is 2. The number of carbonyl (C=O) groups is 2. The van der Waals surface area contributed by atoms with Crippen molar-refractivity contribution in [1.29, 1.82) is 0 Å². The lowest BCUT2D eigenvalue weighted by Crippen LogP contribution is -2.40. The van der Waals surface area contributed by atoms with Crippen LogP contribution in [0.3, 0.4) is 0 Å². The number of methoxy groups -OCH3 is 1. The Hall–Kier alpha value is -2.91. The van der Waals surface area contributed by atoms with E-state index in [0.29, 0.717) is 41.7 Å². The van der Waals surface area contributed by atoms with Gasteiger partial charge in [-0.15, -0.1) is 0 Å². The van der Waals surface area contributed by atoms with Crippen molar-refractivity contribution in [2.45, 2.75) is 50.8 Å². The van der Waals surface area contributed by atoms with Crippen molar-refractivity contribution in [2.24, 2.45) is 5.92 Å². The fraction of sp³-hybridized carbons (Fsp3) is 0.462. The third-order valence-corrected chi connectivity index (χ3v) is 8.76. The molecule has 35 heavy (non-hydrogen) atoms. The highest BCUT2D eigenvalue weighted by Gasteiger charge is 2.45. The van der Waals surface area contributed by atoms with Crippen LogP contribution >= 0.6 is 0 Å². The molecule has 1 saturated heterocycles. The molecule has 188 valence electrons. The molecule has 2 aromatic carbocycles. The molecule has 1 fully saturated rings. The summed E-state index contributed by atoms with van der Waals surface area (Å²) >= 11 is 0. The minimum Gasteiger partial charge on any atom is -0.495 e. The first-order valence-corrected chi connectivity index (χ1v) is 13.3. The Morgan fingerprint density at radius 2 is 1.94 bits per heavy atom. The fourth-order valence-corrected chi connectivity index (χ4v) is 6.52.